The second-order valence-electron chi connectivity index (χ2n) is 18.0. The number of hydrogen-bond donors (Lipinski definition) is 0. The molecule has 0 saturated heterocycles. The van der Waals surface area contributed by atoms with E-state index in [0.717, 1.165) is 5.92 Å². The highest BCUT2D eigenvalue weighted by atomic mass is 15.1. The van der Waals surface area contributed by atoms with Crippen molar-refractivity contribution in [1.29, 1.82) is 0 Å². The Morgan fingerprint density at radius 1 is 0.473 bits per heavy atom. The smallest absolute Gasteiger partial charge is 0.0465 e. The molecule has 0 heterocycles. The highest BCUT2D eigenvalue weighted by Crippen LogP contribution is 2.54. The molecule has 0 aliphatic heterocycles. The quantitative estimate of drug-likeness (QED) is 0.159. The summed E-state index contributed by atoms with van der Waals surface area (Å²) in [6.07, 6.45) is 13.5. The average molecular weight is 720 g/mol. The fourth-order valence-corrected chi connectivity index (χ4v) is 10.2. The Balaban J connectivity index is 1.11. The van der Waals surface area contributed by atoms with Gasteiger partial charge >= 0.3 is 0 Å². The third-order valence-electron chi connectivity index (χ3n) is 13.6. The molecule has 6 aromatic rings. The van der Waals surface area contributed by atoms with Gasteiger partial charge in [-0.1, -0.05) is 162 Å². The fraction of sp³-hybridized carbons (Fsp3) is 0.333. The largest absolute Gasteiger partial charge is 0.310 e. The van der Waals surface area contributed by atoms with Crippen LogP contribution in [0.25, 0.3) is 22.3 Å². The molecule has 0 aromatic heterocycles. The first kappa shape index (κ1) is 35.8. The zero-order valence-corrected chi connectivity index (χ0v) is 33.5. The van der Waals surface area contributed by atoms with Crippen LogP contribution in [0.1, 0.15) is 137 Å². The summed E-state index contributed by atoms with van der Waals surface area (Å²) in [6.45, 7) is 9.33. The molecule has 0 N–H and O–H groups in total. The highest BCUT2D eigenvalue weighted by molar-refractivity contribution is 5.87. The normalized spacial score (nSPS) is 18.8. The van der Waals surface area contributed by atoms with Crippen molar-refractivity contribution in [2.45, 2.75) is 115 Å². The fourth-order valence-electron chi connectivity index (χ4n) is 10.2. The maximum atomic E-state index is 2.49. The third-order valence-corrected chi connectivity index (χ3v) is 13.6. The van der Waals surface area contributed by atoms with E-state index in [-0.39, 0.29) is 10.8 Å². The first-order valence-corrected chi connectivity index (χ1v) is 21.2. The van der Waals surface area contributed by atoms with Gasteiger partial charge in [0, 0.05) is 22.5 Å². The van der Waals surface area contributed by atoms with Gasteiger partial charge in [-0.05, 0) is 142 Å². The van der Waals surface area contributed by atoms with Crippen LogP contribution < -0.4 is 4.90 Å². The van der Waals surface area contributed by atoms with Gasteiger partial charge in [0.1, 0.15) is 0 Å². The molecule has 3 aliphatic carbocycles. The topological polar surface area (TPSA) is 3.24 Å². The van der Waals surface area contributed by atoms with Crippen LogP contribution in [-0.4, -0.2) is 0 Å². The molecule has 1 heteroatoms. The molecule has 0 spiro atoms. The minimum absolute atomic E-state index is 0.110. The molecule has 3 aliphatic rings. The summed E-state index contributed by atoms with van der Waals surface area (Å²) in [6, 6.07) is 54.0. The molecule has 0 bridgehead atoms. The summed E-state index contributed by atoms with van der Waals surface area (Å²) in [5, 5.41) is 0. The Morgan fingerprint density at radius 2 is 0.945 bits per heavy atom. The van der Waals surface area contributed by atoms with Crippen molar-refractivity contribution in [2.75, 3.05) is 4.90 Å². The van der Waals surface area contributed by atoms with E-state index >= 15 is 0 Å². The van der Waals surface area contributed by atoms with Gasteiger partial charge in [-0.2, -0.15) is 0 Å². The predicted molar refractivity (Wildman–Crippen MR) is 234 cm³/mol. The summed E-state index contributed by atoms with van der Waals surface area (Å²) in [4.78, 5) is 2.48. The van der Waals surface area contributed by atoms with Crippen molar-refractivity contribution in [3.05, 3.63) is 173 Å². The van der Waals surface area contributed by atoms with Gasteiger partial charge < -0.3 is 4.90 Å². The number of anilines is 3. The molecule has 55 heavy (non-hydrogen) atoms. The number of hydrogen-bond acceptors (Lipinski definition) is 1. The van der Waals surface area contributed by atoms with E-state index in [9.17, 15) is 0 Å². The zero-order chi connectivity index (χ0) is 37.6. The van der Waals surface area contributed by atoms with E-state index in [0.29, 0.717) is 5.92 Å². The Bertz CT molecular complexity index is 2240. The van der Waals surface area contributed by atoms with Gasteiger partial charge in [-0.25, -0.2) is 0 Å². The lowest BCUT2D eigenvalue weighted by Gasteiger charge is -2.31. The van der Waals surface area contributed by atoms with Crippen LogP contribution in [-0.2, 0) is 10.8 Å². The molecule has 1 nitrogen and oxygen atoms in total. The van der Waals surface area contributed by atoms with E-state index in [1.54, 1.807) is 0 Å². The van der Waals surface area contributed by atoms with Crippen LogP contribution in [0.2, 0.25) is 0 Å². The van der Waals surface area contributed by atoms with Crippen LogP contribution in [0.3, 0.4) is 0 Å². The first-order chi connectivity index (χ1) is 26.8. The first-order valence-electron chi connectivity index (χ1n) is 21.2. The molecular weight excluding hydrogens is 663 g/mol. The van der Waals surface area contributed by atoms with Crippen molar-refractivity contribution in [3.8, 4) is 22.3 Å². The second kappa shape index (κ2) is 14.6. The van der Waals surface area contributed by atoms with Crippen molar-refractivity contribution in [3.63, 3.8) is 0 Å². The second-order valence-corrected chi connectivity index (χ2v) is 18.0. The van der Waals surface area contributed by atoms with E-state index in [2.05, 4.69) is 172 Å². The van der Waals surface area contributed by atoms with Crippen LogP contribution in [0.15, 0.2) is 140 Å². The van der Waals surface area contributed by atoms with Crippen LogP contribution in [0, 0.1) is 0 Å². The molecule has 278 valence electrons. The monoisotopic (exact) mass is 719 g/mol. The molecule has 2 saturated carbocycles. The van der Waals surface area contributed by atoms with Gasteiger partial charge in [0.25, 0.3) is 0 Å². The van der Waals surface area contributed by atoms with Crippen molar-refractivity contribution in [2.24, 2.45) is 0 Å². The summed E-state index contributed by atoms with van der Waals surface area (Å²) in [5.74, 6) is 1.41. The minimum Gasteiger partial charge on any atom is -0.310 e. The summed E-state index contributed by atoms with van der Waals surface area (Å²) < 4.78 is 0. The standard InChI is InChI=1S/C54H57N/c1-53(2,3)44-27-29-45(30-28-44)54(4)51-18-12-11-17-49(51)50-36-35-48(37-52(50)54)55(46-31-23-42(24-32-46)39-15-9-6-10-16-39)47-33-25-43(26-34-47)41-21-19-40(20-22-41)38-13-7-5-8-14-38/h11-12,17-39H,5-10,13-16H2,1-4H3. The number of nitrogens with zero attached hydrogens (tertiary/aromatic N) is 1. The third kappa shape index (κ3) is 6.75. The van der Waals surface area contributed by atoms with E-state index in [1.807, 2.05) is 0 Å². The van der Waals surface area contributed by atoms with Gasteiger partial charge in [0.15, 0.2) is 0 Å². The maximum Gasteiger partial charge on any atom is 0.0465 e. The van der Waals surface area contributed by atoms with Crippen molar-refractivity contribution in [1.82, 2.24) is 0 Å². The molecule has 9 rings (SSSR count). The van der Waals surface area contributed by atoms with E-state index in [1.165, 1.54) is 137 Å². The molecule has 6 aromatic carbocycles. The lowest BCUT2D eigenvalue weighted by atomic mass is 9.73. The van der Waals surface area contributed by atoms with E-state index in [4.69, 9.17) is 0 Å². The summed E-state index contributed by atoms with van der Waals surface area (Å²) in [7, 11) is 0. The predicted octanol–water partition coefficient (Wildman–Crippen LogP) is 15.6. The van der Waals surface area contributed by atoms with Gasteiger partial charge in [0.05, 0.1) is 0 Å². The Labute approximate surface area is 330 Å². The lowest BCUT2D eigenvalue weighted by molar-refractivity contribution is 0.443. The van der Waals surface area contributed by atoms with Crippen LogP contribution in [0.5, 0.6) is 0 Å². The number of rotatable bonds is 7. The minimum atomic E-state index is -0.275. The number of benzene rings is 6. The number of fused-ring (bicyclic) bond motifs is 3. The Morgan fingerprint density at radius 3 is 1.51 bits per heavy atom. The van der Waals surface area contributed by atoms with Gasteiger partial charge in [-0.15, -0.1) is 0 Å². The molecule has 1 atom stereocenters. The molecular formula is C54H57N. The lowest BCUT2D eigenvalue weighted by Crippen LogP contribution is -2.23. The average Bonchev–Trinajstić information content (AvgIpc) is 3.50. The Hall–Kier alpha value is -4.88. The molecule has 2 fully saturated rings. The summed E-state index contributed by atoms with van der Waals surface area (Å²) >= 11 is 0. The van der Waals surface area contributed by atoms with Crippen molar-refractivity contribution >= 4 is 17.1 Å². The maximum absolute atomic E-state index is 2.49. The highest BCUT2D eigenvalue weighted by Gasteiger charge is 2.41. The van der Waals surface area contributed by atoms with Crippen molar-refractivity contribution < 1.29 is 0 Å². The van der Waals surface area contributed by atoms with Crippen LogP contribution >= 0.6 is 0 Å². The Kier molecular flexibility index (Phi) is 9.53. The van der Waals surface area contributed by atoms with E-state index < -0.39 is 0 Å². The van der Waals surface area contributed by atoms with Crippen LogP contribution in [0.4, 0.5) is 17.1 Å². The molecule has 0 amide bonds. The summed E-state index contributed by atoms with van der Waals surface area (Å²) in [5.41, 5.74) is 17.1. The molecule has 0 radical (unpaired) electrons. The van der Waals surface area contributed by atoms with Gasteiger partial charge in [0.2, 0.25) is 0 Å². The SMILES string of the molecule is CC(C)(C)c1ccc(C2(C)c3ccccc3-c3ccc(N(c4ccc(-c5ccc(C6CCCCC6)cc5)cc4)c4ccc(C5CCCCC5)cc4)cc32)cc1. The molecule has 1 unspecified atom stereocenters. The zero-order valence-electron chi connectivity index (χ0n) is 33.5. The van der Waals surface area contributed by atoms with Gasteiger partial charge in [-0.3, -0.25) is 0 Å².